The third-order valence-electron chi connectivity index (χ3n) is 3.76. The van der Waals surface area contributed by atoms with Gasteiger partial charge in [-0.3, -0.25) is 14.6 Å². The molecule has 0 radical (unpaired) electrons. The number of hydrogen-bond acceptors (Lipinski definition) is 4. The molecule has 0 spiro atoms. The van der Waals surface area contributed by atoms with Crippen LogP contribution >= 0.6 is 0 Å². The average molecular weight is 275 g/mol. The molecule has 4 nitrogen and oxygen atoms in total. The van der Waals surface area contributed by atoms with Gasteiger partial charge in [0.05, 0.1) is 11.1 Å². The first kappa shape index (κ1) is 11.8. The van der Waals surface area contributed by atoms with Crippen molar-refractivity contribution in [2.24, 2.45) is 0 Å². The highest BCUT2D eigenvalue weighted by atomic mass is 16.3. The quantitative estimate of drug-likeness (QED) is 0.536. The van der Waals surface area contributed by atoms with Gasteiger partial charge in [-0.1, -0.05) is 30.3 Å². The van der Waals surface area contributed by atoms with E-state index in [4.69, 9.17) is 0 Å². The standard InChI is InChI=1S/C17H9NO3/c19-13-8-12-11(6-3-7-18-12)14-15(13)17(21)10-5-2-1-4-9(10)16(14)20/h1-8,19H. The lowest BCUT2D eigenvalue weighted by Gasteiger charge is -2.19. The lowest BCUT2D eigenvalue weighted by Crippen LogP contribution is -2.21. The Hall–Kier alpha value is -3.01. The molecule has 0 saturated carbocycles. The molecule has 1 aromatic heterocycles. The molecule has 0 atom stereocenters. The van der Waals surface area contributed by atoms with Gasteiger partial charge in [-0.2, -0.15) is 0 Å². The number of carbonyl (C=O) groups is 2. The Morgan fingerprint density at radius 3 is 2.24 bits per heavy atom. The van der Waals surface area contributed by atoms with E-state index in [2.05, 4.69) is 4.98 Å². The van der Waals surface area contributed by atoms with Gasteiger partial charge < -0.3 is 5.11 Å². The number of aromatic nitrogens is 1. The molecule has 4 heteroatoms. The van der Waals surface area contributed by atoms with Gasteiger partial charge in [-0.25, -0.2) is 0 Å². The van der Waals surface area contributed by atoms with Crippen LogP contribution in [0.25, 0.3) is 10.9 Å². The Balaban J connectivity index is 2.18. The molecule has 3 aromatic rings. The second-order valence-electron chi connectivity index (χ2n) is 4.92. The van der Waals surface area contributed by atoms with Crippen LogP contribution in [0.4, 0.5) is 0 Å². The largest absolute Gasteiger partial charge is 0.507 e. The fraction of sp³-hybridized carbons (Fsp3) is 0. The number of fused-ring (bicyclic) bond motifs is 4. The van der Waals surface area contributed by atoms with Crippen LogP contribution in [0.5, 0.6) is 5.75 Å². The summed E-state index contributed by atoms with van der Waals surface area (Å²) in [6.07, 6.45) is 1.58. The topological polar surface area (TPSA) is 67.3 Å². The number of hydrogen-bond donors (Lipinski definition) is 1. The number of nitrogens with zero attached hydrogens (tertiary/aromatic N) is 1. The molecule has 4 rings (SSSR count). The second-order valence-corrected chi connectivity index (χ2v) is 4.92. The molecule has 1 aliphatic carbocycles. The van der Waals surface area contributed by atoms with Crippen molar-refractivity contribution >= 4 is 22.5 Å². The maximum Gasteiger partial charge on any atom is 0.198 e. The molecule has 0 unspecified atom stereocenters. The van der Waals surface area contributed by atoms with E-state index in [1.807, 2.05) is 0 Å². The van der Waals surface area contributed by atoms with Crippen LogP contribution in [-0.2, 0) is 0 Å². The summed E-state index contributed by atoms with van der Waals surface area (Å²) in [7, 11) is 0. The fourth-order valence-electron chi connectivity index (χ4n) is 2.82. The number of pyridine rings is 1. The summed E-state index contributed by atoms with van der Waals surface area (Å²) < 4.78 is 0. The van der Waals surface area contributed by atoms with E-state index in [1.165, 1.54) is 6.07 Å². The predicted molar refractivity (Wildman–Crippen MR) is 76.7 cm³/mol. The molecule has 0 bridgehead atoms. The maximum absolute atomic E-state index is 12.7. The highest BCUT2D eigenvalue weighted by Crippen LogP contribution is 2.36. The zero-order valence-corrected chi connectivity index (χ0v) is 10.8. The number of phenolic OH excluding ortho intramolecular Hbond substituents is 1. The van der Waals surface area contributed by atoms with Crippen LogP contribution in [-0.4, -0.2) is 21.7 Å². The molecule has 0 aliphatic heterocycles. The highest BCUT2D eigenvalue weighted by molar-refractivity contribution is 6.32. The van der Waals surface area contributed by atoms with Crippen molar-refractivity contribution in [3.63, 3.8) is 0 Å². The third kappa shape index (κ3) is 1.47. The molecule has 1 N–H and O–H groups in total. The first-order valence-electron chi connectivity index (χ1n) is 6.47. The van der Waals surface area contributed by atoms with Gasteiger partial charge in [0, 0.05) is 34.3 Å². The van der Waals surface area contributed by atoms with E-state index in [9.17, 15) is 14.7 Å². The zero-order chi connectivity index (χ0) is 14.6. The number of phenols is 1. The molecule has 1 heterocycles. The summed E-state index contributed by atoms with van der Waals surface area (Å²) in [5.74, 6) is -0.790. The van der Waals surface area contributed by atoms with Gasteiger partial charge in [-0.05, 0) is 6.07 Å². The smallest absolute Gasteiger partial charge is 0.198 e. The van der Waals surface area contributed by atoms with E-state index in [0.29, 0.717) is 22.0 Å². The summed E-state index contributed by atoms with van der Waals surface area (Å²) in [4.78, 5) is 29.5. The molecule has 21 heavy (non-hydrogen) atoms. The molecular formula is C17H9NO3. The number of rotatable bonds is 0. The van der Waals surface area contributed by atoms with Crippen LogP contribution in [0, 0.1) is 0 Å². The Bertz CT molecular complexity index is 944. The first-order valence-corrected chi connectivity index (χ1v) is 6.47. The van der Waals surface area contributed by atoms with E-state index in [0.717, 1.165) is 0 Å². The van der Waals surface area contributed by atoms with Gasteiger partial charge in [0.25, 0.3) is 0 Å². The van der Waals surface area contributed by atoms with Crippen molar-refractivity contribution < 1.29 is 14.7 Å². The summed E-state index contributed by atoms with van der Waals surface area (Å²) >= 11 is 0. The number of benzene rings is 2. The SMILES string of the molecule is O=C1c2ccccc2C(=O)c2c1c(O)cc1ncccc21. The second kappa shape index (κ2) is 3.99. The Morgan fingerprint density at radius 1 is 0.857 bits per heavy atom. The number of carbonyl (C=O) groups excluding carboxylic acids is 2. The summed E-state index contributed by atoms with van der Waals surface area (Å²) in [6, 6.07) is 11.5. The van der Waals surface area contributed by atoms with Crippen molar-refractivity contribution in [1.82, 2.24) is 4.98 Å². The Kier molecular flexibility index (Phi) is 2.24. The van der Waals surface area contributed by atoms with Crippen molar-refractivity contribution in [3.05, 3.63) is 70.9 Å². The molecule has 0 saturated heterocycles. The molecular weight excluding hydrogens is 266 g/mol. The van der Waals surface area contributed by atoms with Crippen molar-refractivity contribution in [1.29, 1.82) is 0 Å². The van der Waals surface area contributed by atoms with E-state index in [-0.39, 0.29) is 28.4 Å². The van der Waals surface area contributed by atoms with Gasteiger partial charge in [0.1, 0.15) is 5.75 Å². The van der Waals surface area contributed by atoms with Crippen molar-refractivity contribution in [2.45, 2.75) is 0 Å². The highest BCUT2D eigenvalue weighted by Gasteiger charge is 2.33. The molecule has 2 aromatic carbocycles. The van der Waals surface area contributed by atoms with Crippen LogP contribution in [0.1, 0.15) is 31.8 Å². The Morgan fingerprint density at radius 2 is 1.52 bits per heavy atom. The van der Waals surface area contributed by atoms with Crippen LogP contribution in [0.2, 0.25) is 0 Å². The summed E-state index contributed by atoms with van der Waals surface area (Å²) in [5, 5.41) is 10.7. The van der Waals surface area contributed by atoms with E-state index < -0.39 is 0 Å². The van der Waals surface area contributed by atoms with Gasteiger partial charge >= 0.3 is 0 Å². The number of aromatic hydroxyl groups is 1. The minimum absolute atomic E-state index is 0.0687. The van der Waals surface area contributed by atoms with Crippen molar-refractivity contribution in [2.75, 3.05) is 0 Å². The van der Waals surface area contributed by atoms with Gasteiger partial charge in [-0.15, -0.1) is 0 Å². The van der Waals surface area contributed by atoms with Crippen molar-refractivity contribution in [3.8, 4) is 5.75 Å². The minimum atomic E-state index is -0.330. The van der Waals surface area contributed by atoms with Gasteiger partial charge in [0.2, 0.25) is 0 Å². The molecule has 0 amide bonds. The molecule has 100 valence electrons. The summed E-state index contributed by atoms with van der Waals surface area (Å²) in [6.45, 7) is 0. The van der Waals surface area contributed by atoms with Crippen LogP contribution in [0.15, 0.2) is 48.7 Å². The van der Waals surface area contributed by atoms with E-state index >= 15 is 0 Å². The third-order valence-corrected chi connectivity index (χ3v) is 3.76. The van der Waals surface area contributed by atoms with Crippen LogP contribution in [0.3, 0.4) is 0 Å². The molecule has 0 fully saturated rings. The maximum atomic E-state index is 12.7. The van der Waals surface area contributed by atoms with E-state index in [1.54, 1.807) is 42.6 Å². The Labute approximate surface area is 119 Å². The minimum Gasteiger partial charge on any atom is -0.507 e. The zero-order valence-electron chi connectivity index (χ0n) is 10.8. The fourth-order valence-corrected chi connectivity index (χ4v) is 2.82. The lowest BCUT2D eigenvalue weighted by atomic mass is 9.82. The lowest BCUT2D eigenvalue weighted by molar-refractivity contribution is 0.0978. The van der Waals surface area contributed by atoms with Crippen LogP contribution < -0.4 is 0 Å². The monoisotopic (exact) mass is 275 g/mol. The number of ketones is 2. The average Bonchev–Trinajstić information content (AvgIpc) is 2.51. The first-order chi connectivity index (χ1) is 10.2. The van der Waals surface area contributed by atoms with Gasteiger partial charge in [0.15, 0.2) is 11.6 Å². The predicted octanol–water partition coefficient (Wildman–Crippen LogP) is 2.72. The summed E-state index contributed by atoms with van der Waals surface area (Å²) in [5.41, 5.74) is 1.49. The normalized spacial score (nSPS) is 13.1. The molecule has 1 aliphatic rings.